The zero-order valence-corrected chi connectivity index (χ0v) is 17.3. The average Bonchev–Trinajstić information content (AvgIpc) is 2.75. The highest BCUT2D eigenvalue weighted by Gasteiger charge is 2.08. The minimum Gasteiger partial charge on any atom is -0.491 e. The Morgan fingerprint density at radius 1 is 1.07 bits per heavy atom. The summed E-state index contributed by atoms with van der Waals surface area (Å²) < 4.78 is 11.1. The molecule has 0 aliphatic heterocycles. The monoisotopic (exact) mass is 400 g/mol. The third kappa shape index (κ3) is 8.98. The summed E-state index contributed by atoms with van der Waals surface area (Å²) in [6.07, 6.45) is 1.21. The van der Waals surface area contributed by atoms with Crippen LogP contribution in [0.2, 0.25) is 0 Å². The molecule has 0 saturated heterocycles. The number of aliphatic hydroxyl groups excluding tert-OH is 1. The number of nitrogens with one attached hydrogen (secondary N) is 1. The van der Waals surface area contributed by atoms with Gasteiger partial charge < -0.3 is 24.8 Å². The zero-order chi connectivity index (χ0) is 20.9. The van der Waals surface area contributed by atoms with Crippen molar-refractivity contribution in [2.45, 2.75) is 25.9 Å². The molecule has 1 atom stereocenters. The van der Waals surface area contributed by atoms with Crippen LogP contribution in [0.3, 0.4) is 0 Å². The summed E-state index contributed by atoms with van der Waals surface area (Å²) in [4.78, 5) is 13.6. The molecule has 6 heteroatoms. The standard InChI is InChI=1S/C23H32N2O4/c1-3-15-25(2)23(27)18-29-22-11-9-19(10-12-22)13-14-24-16-20(26)17-28-21-7-5-4-6-8-21/h4-12,20,24,26H,3,13-18H2,1-2H3. The molecule has 0 spiro atoms. The molecular formula is C23H32N2O4. The first-order valence-electron chi connectivity index (χ1n) is 10.1. The number of amides is 1. The number of rotatable bonds is 13. The molecule has 0 heterocycles. The second-order valence-electron chi connectivity index (χ2n) is 6.98. The van der Waals surface area contributed by atoms with Gasteiger partial charge in [-0.2, -0.15) is 0 Å². The Bertz CT molecular complexity index is 707. The molecule has 1 amide bonds. The van der Waals surface area contributed by atoms with E-state index in [-0.39, 0.29) is 19.1 Å². The Morgan fingerprint density at radius 2 is 1.76 bits per heavy atom. The van der Waals surface area contributed by atoms with Gasteiger partial charge in [0.2, 0.25) is 0 Å². The molecule has 0 saturated carbocycles. The number of hydrogen-bond donors (Lipinski definition) is 2. The SMILES string of the molecule is CCCN(C)C(=O)COc1ccc(CCNCC(O)COc2ccccc2)cc1. The smallest absolute Gasteiger partial charge is 0.260 e. The molecule has 29 heavy (non-hydrogen) atoms. The van der Waals surface area contributed by atoms with Gasteiger partial charge in [-0.05, 0) is 49.2 Å². The largest absolute Gasteiger partial charge is 0.491 e. The van der Waals surface area contributed by atoms with Crippen molar-refractivity contribution in [1.82, 2.24) is 10.2 Å². The van der Waals surface area contributed by atoms with Crippen molar-refractivity contribution in [2.24, 2.45) is 0 Å². The normalized spacial score (nSPS) is 11.7. The van der Waals surface area contributed by atoms with Crippen molar-refractivity contribution in [3.8, 4) is 11.5 Å². The lowest BCUT2D eigenvalue weighted by Gasteiger charge is -2.16. The highest BCUT2D eigenvalue weighted by molar-refractivity contribution is 5.77. The molecule has 2 aromatic carbocycles. The summed E-state index contributed by atoms with van der Waals surface area (Å²) in [7, 11) is 1.79. The van der Waals surface area contributed by atoms with Crippen LogP contribution in [0.15, 0.2) is 54.6 Å². The topological polar surface area (TPSA) is 71.0 Å². The second kappa shape index (κ2) is 12.8. The minimum absolute atomic E-state index is 0.0186. The van der Waals surface area contributed by atoms with Gasteiger partial charge in [0, 0.05) is 20.1 Å². The maximum Gasteiger partial charge on any atom is 0.260 e. The van der Waals surface area contributed by atoms with E-state index >= 15 is 0 Å². The van der Waals surface area contributed by atoms with Crippen LogP contribution in [0.25, 0.3) is 0 Å². The molecule has 2 rings (SSSR count). The van der Waals surface area contributed by atoms with E-state index in [1.165, 1.54) is 0 Å². The van der Waals surface area contributed by atoms with E-state index in [1.54, 1.807) is 11.9 Å². The molecule has 0 aliphatic carbocycles. The molecule has 1 unspecified atom stereocenters. The highest BCUT2D eigenvalue weighted by atomic mass is 16.5. The molecule has 2 aromatic rings. The molecule has 0 bridgehead atoms. The molecule has 158 valence electrons. The number of carbonyl (C=O) groups is 1. The van der Waals surface area contributed by atoms with Crippen LogP contribution in [0.5, 0.6) is 11.5 Å². The first-order chi connectivity index (χ1) is 14.1. The van der Waals surface area contributed by atoms with E-state index < -0.39 is 6.10 Å². The van der Waals surface area contributed by atoms with Gasteiger partial charge >= 0.3 is 0 Å². The lowest BCUT2D eigenvalue weighted by atomic mass is 10.1. The second-order valence-corrected chi connectivity index (χ2v) is 6.98. The molecule has 0 fully saturated rings. The summed E-state index contributed by atoms with van der Waals surface area (Å²) in [6.45, 7) is 4.32. The maximum atomic E-state index is 11.9. The number of nitrogens with zero attached hydrogens (tertiary/aromatic N) is 1. The van der Waals surface area contributed by atoms with Crippen molar-refractivity contribution in [3.05, 3.63) is 60.2 Å². The zero-order valence-electron chi connectivity index (χ0n) is 17.3. The third-order valence-electron chi connectivity index (χ3n) is 4.43. The van der Waals surface area contributed by atoms with Crippen LogP contribution in [0.1, 0.15) is 18.9 Å². The van der Waals surface area contributed by atoms with Gasteiger partial charge in [-0.3, -0.25) is 4.79 Å². The number of para-hydroxylation sites is 1. The van der Waals surface area contributed by atoms with Crippen LogP contribution in [0, 0.1) is 0 Å². The molecule has 2 N–H and O–H groups in total. The van der Waals surface area contributed by atoms with E-state index in [9.17, 15) is 9.90 Å². The van der Waals surface area contributed by atoms with Crippen LogP contribution in [-0.4, -0.2) is 61.9 Å². The maximum absolute atomic E-state index is 11.9. The lowest BCUT2D eigenvalue weighted by molar-refractivity contribution is -0.132. The summed E-state index contributed by atoms with van der Waals surface area (Å²) in [5.41, 5.74) is 1.16. The highest BCUT2D eigenvalue weighted by Crippen LogP contribution is 2.13. The van der Waals surface area contributed by atoms with Crippen LogP contribution in [0.4, 0.5) is 0 Å². The Kier molecular flexibility index (Phi) is 10.0. The van der Waals surface area contributed by atoms with Crippen molar-refractivity contribution in [1.29, 1.82) is 0 Å². The van der Waals surface area contributed by atoms with E-state index in [2.05, 4.69) is 5.32 Å². The van der Waals surface area contributed by atoms with Crippen LogP contribution in [-0.2, 0) is 11.2 Å². The van der Waals surface area contributed by atoms with Crippen molar-refractivity contribution in [3.63, 3.8) is 0 Å². The minimum atomic E-state index is -0.561. The summed E-state index contributed by atoms with van der Waals surface area (Å²) in [5, 5.41) is 13.2. The predicted molar refractivity (Wildman–Crippen MR) is 114 cm³/mol. The summed E-state index contributed by atoms with van der Waals surface area (Å²) in [5.74, 6) is 1.43. The number of hydrogen-bond acceptors (Lipinski definition) is 5. The number of aliphatic hydroxyl groups is 1. The van der Waals surface area contributed by atoms with E-state index in [0.717, 1.165) is 37.2 Å². The van der Waals surface area contributed by atoms with Crippen LogP contribution >= 0.6 is 0 Å². The predicted octanol–water partition coefficient (Wildman–Crippen LogP) is 2.51. The molecule has 0 radical (unpaired) electrons. The Morgan fingerprint density at radius 3 is 2.45 bits per heavy atom. The molecular weight excluding hydrogens is 368 g/mol. The Hall–Kier alpha value is -2.57. The van der Waals surface area contributed by atoms with Crippen molar-refractivity contribution in [2.75, 3.05) is 39.9 Å². The fourth-order valence-corrected chi connectivity index (χ4v) is 2.74. The van der Waals surface area contributed by atoms with Gasteiger partial charge in [0.25, 0.3) is 5.91 Å². The van der Waals surface area contributed by atoms with Gasteiger partial charge in [0.15, 0.2) is 6.61 Å². The van der Waals surface area contributed by atoms with Crippen molar-refractivity contribution >= 4 is 5.91 Å². The van der Waals surface area contributed by atoms with Crippen LogP contribution < -0.4 is 14.8 Å². The van der Waals surface area contributed by atoms with Gasteiger partial charge in [-0.15, -0.1) is 0 Å². The van der Waals surface area contributed by atoms with Gasteiger partial charge in [-0.25, -0.2) is 0 Å². The van der Waals surface area contributed by atoms with Crippen molar-refractivity contribution < 1.29 is 19.4 Å². The number of benzene rings is 2. The first kappa shape index (κ1) is 22.7. The fraction of sp³-hybridized carbons (Fsp3) is 0.435. The third-order valence-corrected chi connectivity index (χ3v) is 4.43. The summed E-state index contributed by atoms with van der Waals surface area (Å²) >= 11 is 0. The Labute approximate surface area is 173 Å². The molecule has 0 aliphatic rings. The number of carbonyl (C=O) groups excluding carboxylic acids is 1. The first-order valence-corrected chi connectivity index (χ1v) is 10.1. The number of ether oxygens (including phenoxy) is 2. The summed E-state index contributed by atoms with van der Waals surface area (Å²) in [6, 6.07) is 17.2. The molecule has 0 aromatic heterocycles. The van der Waals surface area contributed by atoms with Gasteiger partial charge in [0.05, 0.1) is 0 Å². The van der Waals surface area contributed by atoms with E-state index in [1.807, 2.05) is 61.5 Å². The van der Waals surface area contributed by atoms with Gasteiger partial charge in [0.1, 0.15) is 24.2 Å². The van der Waals surface area contributed by atoms with Gasteiger partial charge in [-0.1, -0.05) is 37.3 Å². The lowest BCUT2D eigenvalue weighted by Crippen LogP contribution is -2.32. The quantitative estimate of drug-likeness (QED) is 0.506. The number of likely N-dealkylation sites (N-methyl/N-ethyl adjacent to an activating group) is 1. The molecule has 6 nitrogen and oxygen atoms in total. The Balaban J connectivity index is 1.60. The average molecular weight is 401 g/mol. The fourth-order valence-electron chi connectivity index (χ4n) is 2.74. The van der Waals surface area contributed by atoms with E-state index in [4.69, 9.17) is 9.47 Å². The van der Waals surface area contributed by atoms with E-state index in [0.29, 0.717) is 12.3 Å².